The lowest BCUT2D eigenvalue weighted by Gasteiger charge is -2.28. The highest BCUT2D eigenvalue weighted by Gasteiger charge is 2.31. The molecule has 0 unspecified atom stereocenters. The first-order chi connectivity index (χ1) is 17.4. The van der Waals surface area contributed by atoms with Gasteiger partial charge in [0.1, 0.15) is 16.7 Å². The predicted octanol–water partition coefficient (Wildman–Crippen LogP) is 3.96. The van der Waals surface area contributed by atoms with Crippen molar-refractivity contribution in [2.24, 2.45) is 5.10 Å². The highest BCUT2D eigenvalue weighted by molar-refractivity contribution is 7.89. The molecule has 0 spiro atoms. The number of nitrogens with zero attached hydrogens (tertiary/aromatic N) is 3. The van der Waals surface area contributed by atoms with Crippen molar-refractivity contribution in [1.29, 1.82) is 0 Å². The van der Waals surface area contributed by atoms with Crippen LogP contribution < -0.4 is 10.2 Å². The van der Waals surface area contributed by atoms with Gasteiger partial charge in [-0.1, -0.05) is 42.5 Å². The molecule has 5 rings (SSSR count). The molecule has 0 saturated carbocycles. The van der Waals surface area contributed by atoms with E-state index in [1.807, 2.05) is 54.6 Å². The molecule has 0 radical (unpaired) electrons. The van der Waals surface area contributed by atoms with Crippen LogP contribution in [0.3, 0.4) is 0 Å². The van der Waals surface area contributed by atoms with Crippen molar-refractivity contribution in [3.8, 4) is 5.75 Å². The van der Waals surface area contributed by atoms with Crippen LogP contribution in [0.25, 0.3) is 0 Å². The Morgan fingerprint density at radius 1 is 1.00 bits per heavy atom. The maximum absolute atomic E-state index is 13.4. The Labute approximate surface area is 208 Å². The van der Waals surface area contributed by atoms with E-state index in [4.69, 9.17) is 9.47 Å². The van der Waals surface area contributed by atoms with E-state index in [2.05, 4.69) is 10.5 Å². The Balaban J connectivity index is 1.52. The molecular weight excluding hydrogens is 484 g/mol. The van der Waals surface area contributed by atoms with Gasteiger partial charge in [-0.25, -0.2) is 8.42 Å². The lowest BCUT2D eigenvalue weighted by Crippen LogP contribution is -2.40. The number of rotatable bonds is 6. The fourth-order valence-electron chi connectivity index (χ4n) is 4.23. The number of hydrogen-bond acceptors (Lipinski definition) is 8. The van der Waals surface area contributed by atoms with Gasteiger partial charge in [-0.15, -0.1) is 0 Å². The molecule has 10 nitrogen and oxygen atoms in total. The summed E-state index contributed by atoms with van der Waals surface area (Å²) in [5, 5.41) is 16.0. The first-order valence-corrected chi connectivity index (χ1v) is 12.9. The molecule has 11 heteroatoms. The monoisotopic (exact) mass is 508 g/mol. The number of anilines is 1. The second-order valence-corrected chi connectivity index (χ2v) is 10.2. The molecule has 0 aliphatic carbocycles. The summed E-state index contributed by atoms with van der Waals surface area (Å²) in [6, 6.07) is 21.0. The predicted molar refractivity (Wildman–Crippen MR) is 134 cm³/mol. The Morgan fingerprint density at radius 3 is 2.47 bits per heavy atom. The highest BCUT2D eigenvalue weighted by Crippen LogP contribution is 2.36. The Kier molecular flexibility index (Phi) is 6.68. The molecule has 1 N–H and O–H groups in total. The number of benzene rings is 3. The van der Waals surface area contributed by atoms with E-state index in [0.717, 1.165) is 17.2 Å². The average molecular weight is 509 g/mol. The zero-order valence-corrected chi connectivity index (χ0v) is 20.1. The van der Waals surface area contributed by atoms with Crippen LogP contribution in [-0.2, 0) is 14.8 Å². The topological polar surface area (TPSA) is 123 Å². The van der Waals surface area contributed by atoms with Gasteiger partial charge < -0.3 is 9.47 Å². The molecule has 0 aromatic heterocycles. The van der Waals surface area contributed by atoms with E-state index in [9.17, 15) is 18.5 Å². The molecule has 0 amide bonds. The summed E-state index contributed by atoms with van der Waals surface area (Å²) in [6.45, 7) is 0.860. The number of nitro groups is 1. The Hall–Kier alpha value is -3.80. The van der Waals surface area contributed by atoms with Gasteiger partial charge in [0.15, 0.2) is 0 Å². The number of hydrogen-bond donors (Lipinski definition) is 1. The van der Waals surface area contributed by atoms with Crippen LogP contribution in [0, 0.1) is 10.1 Å². The van der Waals surface area contributed by atoms with Crippen LogP contribution in [0.15, 0.2) is 82.8 Å². The van der Waals surface area contributed by atoms with Crippen LogP contribution in [-0.4, -0.2) is 49.7 Å². The third-order valence-electron chi connectivity index (χ3n) is 6.09. The lowest BCUT2D eigenvalue weighted by atomic mass is 9.96. The number of nitro benzene ring substituents is 1. The summed E-state index contributed by atoms with van der Waals surface area (Å²) in [5.41, 5.74) is 5.17. The quantitative estimate of drug-likeness (QED) is 0.395. The maximum atomic E-state index is 13.4. The SMILES string of the molecule is O=[N+]([O-])c1ccc(N/N=C2\C[C@H](c3ccccc3)Oc3ccccc32)c(S(=O)(=O)N2CCOCC2)c1. The largest absolute Gasteiger partial charge is 0.485 e. The minimum absolute atomic E-state index is 0.153. The normalized spacial score (nSPS) is 19.3. The summed E-state index contributed by atoms with van der Waals surface area (Å²) in [7, 11) is -4.02. The summed E-state index contributed by atoms with van der Waals surface area (Å²) in [6.07, 6.45) is 0.182. The molecule has 36 heavy (non-hydrogen) atoms. The minimum atomic E-state index is -4.02. The standard InChI is InChI=1S/C25H24N4O6S/c30-29(31)19-10-11-21(25(16-19)36(32,33)28-12-14-34-15-13-28)26-27-22-17-24(18-6-2-1-3-7-18)35-23-9-5-4-8-20(22)23/h1-11,16,24,26H,12-15,17H2/b27-22+/t24-/m1/s1. The maximum Gasteiger partial charge on any atom is 0.270 e. The summed E-state index contributed by atoms with van der Waals surface area (Å²) < 4.78 is 39.6. The van der Waals surface area contributed by atoms with Gasteiger partial charge in [0.25, 0.3) is 5.69 Å². The molecule has 186 valence electrons. The number of non-ortho nitro benzene ring substituents is 1. The van der Waals surface area contributed by atoms with Crippen molar-refractivity contribution in [3.63, 3.8) is 0 Å². The van der Waals surface area contributed by atoms with Crippen LogP contribution in [0.2, 0.25) is 0 Å². The fourth-order valence-corrected chi connectivity index (χ4v) is 5.80. The Bertz CT molecular complexity index is 1410. The lowest BCUT2D eigenvalue weighted by molar-refractivity contribution is -0.385. The molecule has 0 bridgehead atoms. The van der Waals surface area contributed by atoms with Gasteiger partial charge in [-0.3, -0.25) is 15.5 Å². The van der Waals surface area contributed by atoms with Gasteiger partial charge in [0, 0.05) is 37.2 Å². The van der Waals surface area contributed by atoms with E-state index in [1.54, 1.807) is 0 Å². The van der Waals surface area contributed by atoms with Crippen molar-refractivity contribution in [2.45, 2.75) is 17.4 Å². The van der Waals surface area contributed by atoms with Gasteiger partial charge in [0.2, 0.25) is 10.0 Å². The van der Waals surface area contributed by atoms with Crippen molar-refractivity contribution < 1.29 is 22.8 Å². The van der Waals surface area contributed by atoms with Crippen LogP contribution in [0.4, 0.5) is 11.4 Å². The molecule has 1 saturated heterocycles. The van der Waals surface area contributed by atoms with Crippen molar-refractivity contribution in [3.05, 3.63) is 94.0 Å². The molecular formula is C25H24N4O6S. The zero-order chi connectivity index (χ0) is 25.1. The average Bonchev–Trinajstić information content (AvgIpc) is 2.92. The first kappa shape index (κ1) is 23.9. The second kappa shape index (κ2) is 10.1. The van der Waals surface area contributed by atoms with Gasteiger partial charge in [-0.05, 0) is 23.8 Å². The number of hydrazone groups is 1. The Morgan fingerprint density at radius 2 is 1.72 bits per heavy atom. The molecule has 2 aliphatic rings. The molecule has 1 atom stereocenters. The van der Waals surface area contributed by atoms with Crippen LogP contribution in [0.1, 0.15) is 23.7 Å². The van der Waals surface area contributed by atoms with Crippen molar-refractivity contribution in [2.75, 3.05) is 31.7 Å². The number of morpholine rings is 1. The summed E-state index contributed by atoms with van der Waals surface area (Å²) in [5.74, 6) is 0.669. The van der Waals surface area contributed by atoms with E-state index in [0.29, 0.717) is 17.9 Å². The third-order valence-corrected chi connectivity index (χ3v) is 8.03. The first-order valence-electron chi connectivity index (χ1n) is 11.4. The van der Waals surface area contributed by atoms with Gasteiger partial charge in [0.05, 0.1) is 29.5 Å². The number of ether oxygens (including phenoxy) is 2. The number of sulfonamides is 1. The summed E-state index contributed by atoms with van der Waals surface area (Å²) in [4.78, 5) is 10.6. The van der Waals surface area contributed by atoms with Crippen molar-refractivity contribution in [1.82, 2.24) is 4.31 Å². The van der Waals surface area contributed by atoms with E-state index < -0.39 is 14.9 Å². The fraction of sp³-hybridized carbons (Fsp3) is 0.240. The second-order valence-electron chi connectivity index (χ2n) is 8.34. The molecule has 1 fully saturated rings. The summed E-state index contributed by atoms with van der Waals surface area (Å²) >= 11 is 0. The smallest absolute Gasteiger partial charge is 0.270 e. The van der Waals surface area contributed by atoms with Crippen LogP contribution >= 0.6 is 0 Å². The molecule has 2 heterocycles. The third kappa shape index (κ3) is 4.81. The van der Waals surface area contributed by atoms with E-state index in [-0.39, 0.29) is 48.7 Å². The molecule has 3 aromatic carbocycles. The number of fused-ring (bicyclic) bond motifs is 1. The number of para-hydroxylation sites is 1. The van der Waals surface area contributed by atoms with E-state index >= 15 is 0 Å². The highest BCUT2D eigenvalue weighted by atomic mass is 32.2. The molecule has 3 aromatic rings. The van der Waals surface area contributed by atoms with Gasteiger partial charge >= 0.3 is 0 Å². The van der Waals surface area contributed by atoms with Crippen LogP contribution in [0.5, 0.6) is 5.75 Å². The van der Waals surface area contributed by atoms with E-state index in [1.165, 1.54) is 16.4 Å². The molecule has 2 aliphatic heterocycles. The minimum Gasteiger partial charge on any atom is -0.485 e. The zero-order valence-electron chi connectivity index (χ0n) is 19.2. The number of nitrogens with one attached hydrogen (secondary N) is 1. The van der Waals surface area contributed by atoms with Crippen molar-refractivity contribution >= 4 is 27.1 Å². The van der Waals surface area contributed by atoms with Gasteiger partial charge in [-0.2, -0.15) is 9.41 Å².